The van der Waals surface area contributed by atoms with Gasteiger partial charge in [-0.25, -0.2) is 0 Å². The Hall–Kier alpha value is -0.590. The molecule has 3 nitrogen and oxygen atoms in total. The summed E-state index contributed by atoms with van der Waals surface area (Å²) in [5.74, 6) is 0. The summed E-state index contributed by atoms with van der Waals surface area (Å²) >= 11 is 0. The molecule has 0 rings (SSSR count). The first-order valence-electron chi connectivity index (χ1n) is 7.42. The van der Waals surface area contributed by atoms with Crippen LogP contribution in [0.25, 0.3) is 0 Å². The molecule has 0 saturated heterocycles. The van der Waals surface area contributed by atoms with Gasteiger partial charge in [-0.2, -0.15) is 5.26 Å². The molecular formula is C15H31N3. The standard InChI is InChI=1S/C15H31N3/c1-5-7-8-12-18(4)13-9-10-15(3,14-16)17-11-6-2/h17H,5-13H2,1-4H3. The molecule has 0 aromatic carbocycles. The molecule has 1 atom stereocenters. The van der Waals surface area contributed by atoms with Crippen LogP contribution in [0.1, 0.15) is 59.3 Å². The topological polar surface area (TPSA) is 39.1 Å². The monoisotopic (exact) mass is 253 g/mol. The van der Waals surface area contributed by atoms with Crippen LogP contribution in [0.2, 0.25) is 0 Å². The van der Waals surface area contributed by atoms with Crippen LogP contribution in [-0.4, -0.2) is 37.1 Å². The third-order valence-corrected chi connectivity index (χ3v) is 3.37. The van der Waals surface area contributed by atoms with Crippen molar-refractivity contribution in [3.05, 3.63) is 0 Å². The van der Waals surface area contributed by atoms with E-state index in [0.717, 1.165) is 32.4 Å². The fraction of sp³-hybridized carbons (Fsp3) is 0.933. The molecule has 1 unspecified atom stereocenters. The minimum Gasteiger partial charge on any atom is -0.306 e. The van der Waals surface area contributed by atoms with Crippen LogP contribution in [0.3, 0.4) is 0 Å². The first-order valence-corrected chi connectivity index (χ1v) is 7.42. The molecule has 0 aromatic rings. The summed E-state index contributed by atoms with van der Waals surface area (Å²) in [5, 5.41) is 12.6. The summed E-state index contributed by atoms with van der Waals surface area (Å²) in [6.45, 7) is 9.58. The number of hydrogen-bond donors (Lipinski definition) is 1. The van der Waals surface area contributed by atoms with Crippen LogP contribution < -0.4 is 5.32 Å². The smallest absolute Gasteiger partial charge is 0.103 e. The minimum absolute atomic E-state index is 0.347. The van der Waals surface area contributed by atoms with Gasteiger partial charge in [-0.1, -0.05) is 26.7 Å². The van der Waals surface area contributed by atoms with Crippen LogP contribution in [0, 0.1) is 11.3 Å². The number of nitrogens with one attached hydrogen (secondary N) is 1. The number of hydrogen-bond acceptors (Lipinski definition) is 3. The molecule has 106 valence electrons. The lowest BCUT2D eigenvalue weighted by Crippen LogP contribution is -2.41. The van der Waals surface area contributed by atoms with Gasteiger partial charge in [0.25, 0.3) is 0 Å². The fourth-order valence-corrected chi connectivity index (χ4v) is 2.03. The highest BCUT2D eigenvalue weighted by Crippen LogP contribution is 2.11. The second kappa shape index (κ2) is 10.3. The van der Waals surface area contributed by atoms with Gasteiger partial charge < -0.3 is 4.90 Å². The maximum atomic E-state index is 9.22. The molecule has 3 heteroatoms. The third kappa shape index (κ3) is 8.49. The molecule has 0 bridgehead atoms. The van der Waals surface area contributed by atoms with E-state index in [1.54, 1.807) is 0 Å². The van der Waals surface area contributed by atoms with Gasteiger partial charge in [0.2, 0.25) is 0 Å². The van der Waals surface area contributed by atoms with Gasteiger partial charge in [0.1, 0.15) is 5.54 Å². The number of rotatable bonds is 11. The van der Waals surface area contributed by atoms with Crippen LogP contribution in [0.5, 0.6) is 0 Å². The average Bonchev–Trinajstić information content (AvgIpc) is 2.37. The molecule has 0 fully saturated rings. The maximum absolute atomic E-state index is 9.22. The van der Waals surface area contributed by atoms with E-state index in [4.69, 9.17) is 0 Å². The summed E-state index contributed by atoms with van der Waals surface area (Å²) in [6, 6.07) is 2.41. The van der Waals surface area contributed by atoms with E-state index in [1.165, 1.54) is 25.8 Å². The summed E-state index contributed by atoms with van der Waals surface area (Å²) in [6.07, 6.45) is 6.98. The van der Waals surface area contributed by atoms with Gasteiger partial charge in [-0.15, -0.1) is 0 Å². The summed E-state index contributed by atoms with van der Waals surface area (Å²) < 4.78 is 0. The molecular weight excluding hydrogens is 222 g/mol. The molecule has 0 amide bonds. The van der Waals surface area contributed by atoms with Crippen molar-refractivity contribution >= 4 is 0 Å². The highest BCUT2D eigenvalue weighted by molar-refractivity contribution is 5.03. The summed E-state index contributed by atoms with van der Waals surface area (Å²) in [7, 11) is 2.18. The SMILES string of the molecule is CCCCCN(C)CCCC(C)(C#N)NCCC. The normalized spacial score (nSPS) is 14.4. The van der Waals surface area contributed by atoms with Crippen LogP contribution in [0.15, 0.2) is 0 Å². The lowest BCUT2D eigenvalue weighted by Gasteiger charge is -2.24. The van der Waals surface area contributed by atoms with Gasteiger partial charge in [0.15, 0.2) is 0 Å². The zero-order valence-corrected chi connectivity index (χ0v) is 12.8. The Balaban J connectivity index is 3.76. The van der Waals surface area contributed by atoms with Crippen molar-refractivity contribution in [1.29, 1.82) is 5.26 Å². The quantitative estimate of drug-likeness (QED) is 0.575. The second-order valence-electron chi connectivity index (χ2n) is 5.48. The Labute approximate surface area is 114 Å². The summed E-state index contributed by atoms with van der Waals surface area (Å²) in [5.41, 5.74) is -0.347. The van der Waals surface area contributed by atoms with Crippen LogP contribution >= 0.6 is 0 Å². The van der Waals surface area contributed by atoms with E-state index in [-0.39, 0.29) is 5.54 Å². The molecule has 0 aliphatic carbocycles. The van der Waals surface area contributed by atoms with Gasteiger partial charge >= 0.3 is 0 Å². The molecule has 0 saturated carbocycles. The average molecular weight is 253 g/mol. The lowest BCUT2D eigenvalue weighted by molar-refractivity contribution is 0.299. The van der Waals surface area contributed by atoms with E-state index in [0.29, 0.717) is 0 Å². The Bertz CT molecular complexity index is 234. The molecule has 18 heavy (non-hydrogen) atoms. The largest absolute Gasteiger partial charge is 0.306 e. The molecule has 1 N–H and O–H groups in total. The highest BCUT2D eigenvalue weighted by Gasteiger charge is 2.21. The van der Waals surface area contributed by atoms with E-state index >= 15 is 0 Å². The van der Waals surface area contributed by atoms with Crippen molar-refractivity contribution < 1.29 is 0 Å². The number of unbranched alkanes of at least 4 members (excludes halogenated alkanes) is 2. The van der Waals surface area contributed by atoms with Crippen molar-refractivity contribution in [2.75, 3.05) is 26.7 Å². The maximum Gasteiger partial charge on any atom is 0.103 e. The van der Waals surface area contributed by atoms with Crippen molar-refractivity contribution in [2.24, 2.45) is 0 Å². The Kier molecular flexibility index (Phi) is 10.0. The van der Waals surface area contributed by atoms with E-state index in [1.807, 2.05) is 6.92 Å². The fourth-order valence-electron chi connectivity index (χ4n) is 2.03. The van der Waals surface area contributed by atoms with Crippen LogP contribution in [0.4, 0.5) is 0 Å². The van der Waals surface area contributed by atoms with Crippen molar-refractivity contribution in [3.8, 4) is 6.07 Å². The number of nitrogens with zero attached hydrogens (tertiary/aromatic N) is 2. The van der Waals surface area contributed by atoms with E-state index in [9.17, 15) is 5.26 Å². The van der Waals surface area contributed by atoms with Crippen LogP contribution in [-0.2, 0) is 0 Å². The van der Waals surface area contributed by atoms with Gasteiger partial charge in [-0.05, 0) is 59.3 Å². The predicted octanol–water partition coefficient (Wildman–Crippen LogP) is 3.17. The number of nitriles is 1. The van der Waals surface area contributed by atoms with E-state index in [2.05, 4.69) is 37.2 Å². The Morgan fingerprint density at radius 2 is 1.78 bits per heavy atom. The molecule has 0 radical (unpaired) electrons. The zero-order chi connectivity index (χ0) is 13.9. The summed E-state index contributed by atoms with van der Waals surface area (Å²) in [4.78, 5) is 2.38. The van der Waals surface area contributed by atoms with E-state index < -0.39 is 0 Å². The van der Waals surface area contributed by atoms with Crippen molar-refractivity contribution in [3.63, 3.8) is 0 Å². The van der Waals surface area contributed by atoms with Crippen molar-refractivity contribution in [1.82, 2.24) is 10.2 Å². The van der Waals surface area contributed by atoms with Crippen molar-refractivity contribution in [2.45, 2.75) is 64.8 Å². The third-order valence-electron chi connectivity index (χ3n) is 3.37. The molecule has 0 heterocycles. The van der Waals surface area contributed by atoms with Gasteiger partial charge in [0, 0.05) is 0 Å². The Morgan fingerprint density at radius 3 is 2.33 bits per heavy atom. The first kappa shape index (κ1) is 17.4. The molecule has 0 aromatic heterocycles. The van der Waals surface area contributed by atoms with Gasteiger partial charge in [-0.3, -0.25) is 5.32 Å². The highest BCUT2D eigenvalue weighted by atomic mass is 15.1. The Morgan fingerprint density at radius 1 is 1.11 bits per heavy atom. The first-order chi connectivity index (χ1) is 8.58. The lowest BCUT2D eigenvalue weighted by atomic mass is 9.97. The van der Waals surface area contributed by atoms with Gasteiger partial charge in [0.05, 0.1) is 6.07 Å². The second-order valence-corrected chi connectivity index (χ2v) is 5.48. The molecule has 0 aliphatic heterocycles. The molecule has 0 aliphatic rings. The minimum atomic E-state index is -0.347. The molecule has 0 spiro atoms. The zero-order valence-electron chi connectivity index (χ0n) is 12.8. The predicted molar refractivity (Wildman–Crippen MR) is 78.6 cm³/mol.